The number of nitrogens with two attached hydrogens (primary N) is 1. The van der Waals surface area contributed by atoms with Crippen LogP contribution in [-0.4, -0.2) is 6.54 Å². The van der Waals surface area contributed by atoms with Gasteiger partial charge in [-0.25, -0.2) is 0 Å². The van der Waals surface area contributed by atoms with Crippen molar-refractivity contribution in [2.24, 2.45) is 11.7 Å². The fourth-order valence-electron chi connectivity index (χ4n) is 0.953. The highest BCUT2D eigenvalue weighted by atomic mass is 14.5. The molecule has 0 fully saturated rings. The van der Waals surface area contributed by atoms with E-state index >= 15 is 0 Å². The molecule has 0 bridgehead atoms. The van der Waals surface area contributed by atoms with Gasteiger partial charge in [0.1, 0.15) is 0 Å². The molecule has 1 heteroatoms. The molecule has 0 saturated carbocycles. The van der Waals surface area contributed by atoms with Crippen molar-refractivity contribution in [3.63, 3.8) is 0 Å². The van der Waals surface area contributed by atoms with E-state index in [1.54, 1.807) is 6.08 Å². The minimum Gasteiger partial charge on any atom is -0.327 e. The van der Waals surface area contributed by atoms with Gasteiger partial charge in [-0.15, -0.1) is 0 Å². The summed E-state index contributed by atoms with van der Waals surface area (Å²) in [4.78, 5) is 0. The largest absolute Gasteiger partial charge is 0.327 e. The van der Waals surface area contributed by atoms with Crippen molar-refractivity contribution in [1.82, 2.24) is 0 Å². The van der Waals surface area contributed by atoms with Gasteiger partial charge >= 0.3 is 0 Å². The maximum absolute atomic E-state index is 5.60. The van der Waals surface area contributed by atoms with E-state index in [1.165, 1.54) is 5.57 Å². The predicted octanol–water partition coefficient (Wildman–Crippen LogP) is 2.66. The molecule has 0 aromatic rings. The van der Waals surface area contributed by atoms with E-state index in [1.807, 2.05) is 12.2 Å². The minimum atomic E-state index is 0.587. The molecule has 0 aliphatic heterocycles. The van der Waals surface area contributed by atoms with Crippen LogP contribution in [0, 0.1) is 5.92 Å². The van der Waals surface area contributed by atoms with E-state index in [4.69, 9.17) is 5.73 Å². The summed E-state index contributed by atoms with van der Waals surface area (Å²) in [5, 5.41) is 0. The fourth-order valence-corrected chi connectivity index (χ4v) is 0.953. The number of rotatable bonds is 5. The van der Waals surface area contributed by atoms with Crippen molar-refractivity contribution >= 4 is 0 Å². The Labute approximate surface area is 75.7 Å². The Morgan fingerprint density at radius 3 is 2.58 bits per heavy atom. The molecule has 0 heterocycles. The third kappa shape index (κ3) is 4.14. The van der Waals surface area contributed by atoms with E-state index in [0.717, 1.165) is 6.42 Å². The van der Waals surface area contributed by atoms with Gasteiger partial charge in [0.2, 0.25) is 0 Å². The van der Waals surface area contributed by atoms with E-state index in [2.05, 4.69) is 26.5 Å². The van der Waals surface area contributed by atoms with E-state index < -0.39 is 0 Å². The second-order valence-corrected chi connectivity index (χ2v) is 2.88. The Balaban J connectivity index is 4.21. The molecule has 0 saturated heterocycles. The first-order valence-corrected chi connectivity index (χ1v) is 4.44. The first-order valence-electron chi connectivity index (χ1n) is 4.44. The Bertz CT molecular complexity index is 177. The lowest BCUT2D eigenvalue weighted by Gasteiger charge is -2.10. The molecule has 0 spiro atoms. The van der Waals surface area contributed by atoms with Gasteiger partial charge in [0, 0.05) is 6.54 Å². The summed E-state index contributed by atoms with van der Waals surface area (Å²) in [5.41, 5.74) is 6.90. The first kappa shape index (κ1) is 11.2. The summed E-state index contributed by atoms with van der Waals surface area (Å²) in [6, 6.07) is 0. The van der Waals surface area contributed by atoms with Gasteiger partial charge in [-0.2, -0.15) is 0 Å². The van der Waals surface area contributed by atoms with Crippen molar-refractivity contribution in [1.29, 1.82) is 0 Å². The molecule has 0 aliphatic rings. The van der Waals surface area contributed by atoms with Crippen LogP contribution in [0.25, 0.3) is 0 Å². The van der Waals surface area contributed by atoms with Crippen LogP contribution in [0.3, 0.4) is 0 Å². The van der Waals surface area contributed by atoms with Crippen molar-refractivity contribution in [3.05, 3.63) is 36.5 Å². The molecule has 0 amide bonds. The van der Waals surface area contributed by atoms with Gasteiger partial charge in [0.25, 0.3) is 0 Å². The van der Waals surface area contributed by atoms with Crippen LogP contribution in [0.15, 0.2) is 36.5 Å². The molecule has 12 heavy (non-hydrogen) atoms. The number of hydrogen-bond donors (Lipinski definition) is 1. The van der Waals surface area contributed by atoms with Crippen LogP contribution in [-0.2, 0) is 0 Å². The molecule has 0 aromatic carbocycles. The normalized spacial score (nSPS) is 15.1. The lowest BCUT2D eigenvalue weighted by atomic mass is 9.98. The second-order valence-electron chi connectivity index (χ2n) is 2.88. The van der Waals surface area contributed by atoms with Crippen molar-refractivity contribution in [3.8, 4) is 0 Å². The van der Waals surface area contributed by atoms with Crippen LogP contribution in [0.2, 0.25) is 0 Å². The second kappa shape index (κ2) is 6.86. The molecule has 0 aliphatic carbocycles. The zero-order valence-corrected chi connectivity index (χ0v) is 8.09. The summed E-state index contributed by atoms with van der Waals surface area (Å²) >= 11 is 0. The molecule has 0 radical (unpaired) electrons. The third-order valence-electron chi connectivity index (χ3n) is 2.04. The molecule has 1 nitrogen and oxygen atoms in total. The molecule has 0 aromatic heterocycles. The van der Waals surface area contributed by atoms with Gasteiger partial charge in [0.15, 0.2) is 0 Å². The van der Waals surface area contributed by atoms with E-state index in [0.29, 0.717) is 12.5 Å². The summed E-state index contributed by atoms with van der Waals surface area (Å²) in [6.45, 7) is 8.62. The summed E-state index contributed by atoms with van der Waals surface area (Å²) in [5.74, 6) is 0.587. The average molecular weight is 165 g/mol. The van der Waals surface area contributed by atoms with Gasteiger partial charge in [-0.1, -0.05) is 50.3 Å². The van der Waals surface area contributed by atoms with Crippen molar-refractivity contribution in [2.75, 3.05) is 6.54 Å². The van der Waals surface area contributed by atoms with Gasteiger partial charge in [-0.3, -0.25) is 0 Å². The zero-order chi connectivity index (χ0) is 9.40. The standard InChI is InChI=1S/C11H19N/c1-4-6-7-8-11(9-12)10(3)5-2/h4,6-8,10H,1,5,9,12H2,2-3H3/b7-6-,11-8-. The molecule has 2 N–H and O–H groups in total. The number of allylic oxidation sites excluding steroid dienone is 4. The Morgan fingerprint density at radius 1 is 1.50 bits per heavy atom. The topological polar surface area (TPSA) is 26.0 Å². The lowest BCUT2D eigenvalue weighted by molar-refractivity contribution is 0.642. The number of hydrogen-bond acceptors (Lipinski definition) is 1. The maximum atomic E-state index is 5.60. The van der Waals surface area contributed by atoms with Crippen LogP contribution in [0.5, 0.6) is 0 Å². The lowest BCUT2D eigenvalue weighted by Crippen LogP contribution is -2.09. The first-order chi connectivity index (χ1) is 5.76. The van der Waals surface area contributed by atoms with E-state index in [9.17, 15) is 0 Å². The summed E-state index contributed by atoms with van der Waals surface area (Å²) < 4.78 is 0. The molecular formula is C11H19N. The Kier molecular flexibility index (Phi) is 6.39. The van der Waals surface area contributed by atoms with Crippen LogP contribution < -0.4 is 5.73 Å². The molecular weight excluding hydrogens is 146 g/mol. The monoisotopic (exact) mass is 165 g/mol. The average Bonchev–Trinajstić information content (AvgIpc) is 2.11. The summed E-state index contributed by atoms with van der Waals surface area (Å²) in [7, 11) is 0. The van der Waals surface area contributed by atoms with Gasteiger partial charge in [-0.05, 0) is 12.3 Å². The Morgan fingerprint density at radius 2 is 2.17 bits per heavy atom. The fraction of sp³-hybridized carbons (Fsp3) is 0.455. The van der Waals surface area contributed by atoms with Crippen LogP contribution in [0.1, 0.15) is 20.3 Å². The van der Waals surface area contributed by atoms with Gasteiger partial charge < -0.3 is 5.73 Å². The van der Waals surface area contributed by atoms with Crippen LogP contribution in [0.4, 0.5) is 0 Å². The predicted molar refractivity (Wildman–Crippen MR) is 55.9 cm³/mol. The Hall–Kier alpha value is -0.820. The summed E-state index contributed by atoms with van der Waals surface area (Å²) in [6.07, 6.45) is 8.89. The minimum absolute atomic E-state index is 0.587. The molecule has 1 atom stereocenters. The quantitative estimate of drug-likeness (QED) is 0.623. The van der Waals surface area contributed by atoms with Crippen molar-refractivity contribution in [2.45, 2.75) is 20.3 Å². The van der Waals surface area contributed by atoms with E-state index in [-0.39, 0.29) is 0 Å². The highest BCUT2D eigenvalue weighted by molar-refractivity contribution is 5.18. The molecule has 68 valence electrons. The SMILES string of the molecule is C=C/C=C\C=C(\CN)C(C)CC. The maximum Gasteiger partial charge on any atom is 0.0142 e. The van der Waals surface area contributed by atoms with Gasteiger partial charge in [0.05, 0.1) is 0 Å². The zero-order valence-electron chi connectivity index (χ0n) is 8.09. The van der Waals surface area contributed by atoms with Crippen LogP contribution >= 0.6 is 0 Å². The highest BCUT2D eigenvalue weighted by Crippen LogP contribution is 2.12. The van der Waals surface area contributed by atoms with Crippen molar-refractivity contribution < 1.29 is 0 Å². The molecule has 0 rings (SSSR count). The third-order valence-corrected chi connectivity index (χ3v) is 2.04. The molecule has 1 unspecified atom stereocenters. The smallest absolute Gasteiger partial charge is 0.0142 e. The highest BCUT2D eigenvalue weighted by Gasteiger charge is 2.02.